The largest absolute Gasteiger partial charge is 0.396 e. The molecule has 0 saturated carbocycles. The molecule has 1 amide bonds. The third-order valence-electron chi connectivity index (χ3n) is 3.36. The van der Waals surface area contributed by atoms with Crippen LogP contribution < -0.4 is 5.32 Å². The van der Waals surface area contributed by atoms with Gasteiger partial charge in [0.2, 0.25) is 5.91 Å². The summed E-state index contributed by atoms with van der Waals surface area (Å²) >= 11 is 1.78. The maximum atomic E-state index is 12.0. The third-order valence-corrected chi connectivity index (χ3v) is 4.46. The zero-order valence-corrected chi connectivity index (χ0v) is 14.1. The number of nitrogens with one attached hydrogen (secondary N) is 1. The lowest BCUT2D eigenvalue weighted by molar-refractivity contribution is -0.122. The van der Waals surface area contributed by atoms with Crippen LogP contribution in [-0.2, 0) is 4.79 Å². The number of aliphatic hydroxyl groups is 1. The minimum atomic E-state index is -0.0306. The van der Waals surface area contributed by atoms with Crippen LogP contribution >= 0.6 is 11.8 Å². The van der Waals surface area contributed by atoms with Crippen molar-refractivity contribution in [2.45, 2.75) is 51.0 Å². The fourth-order valence-corrected chi connectivity index (χ4v) is 2.93. The molecule has 0 aliphatic heterocycles. The van der Waals surface area contributed by atoms with Crippen LogP contribution in [0.2, 0.25) is 0 Å². The number of rotatable bonds is 8. The molecule has 21 heavy (non-hydrogen) atoms. The van der Waals surface area contributed by atoms with Crippen LogP contribution in [0.4, 0.5) is 0 Å². The summed E-state index contributed by atoms with van der Waals surface area (Å²) in [7, 11) is 0. The number of carbonyl (C=O) groups is 1. The number of carbonyl (C=O) groups excluding carboxylic acids is 1. The van der Waals surface area contributed by atoms with Crippen molar-refractivity contribution in [2.24, 2.45) is 5.41 Å². The Morgan fingerprint density at radius 1 is 1.29 bits per heavy atom. The maximum absolute atomic E-state index is 12.0. The number of thioether (sulfide) groups is 1. The van der Waals surface area contributed by atoms with E-state index in [9.17, 15) is 4.79 Å². The molecule has 0 fully saturated rings. The van der Waals surface area contributed by atoms with E-state index in [0.717, 1.165) is 12.2 Å². The van der Waals surface area contributed by atoms with Crippen LogP contribution in [0.1, 0.15) is 40.0 Å². The Labute approximate surface area is 132 Å². The molecule has 1 atom stereocenters. The van der Waals surface area contributed by atoms with E-state index in [1.165, 1.54) is 4.90 Å². The first kappa shape index (κ1) is 18.1. The van der Waals surface area contributed by atoms with Gasteiger partial charge in [0.05, 0.1) is 0 Å². The van der Waals surface area contributed by atoms with Gasteiger partial charge in [-0.1, -0.05) is 39.0 Å². The second kappa shape index (κ2) is 9.11. The van der Waals surface area contributed by atoms with Gasteiger partial charge >= 0.3 is 0 Å². The molecule has 118 valence electrons. The highest BCUT2D eigenvalue weighted by Crippen LogP contribution is 2.22. The van der Waals surface area contributed by atoms with Gasteiger partial charge in [0.25, 0.3) is 0 Å². The van der Waals surface area contributed by atoms with Crippen molar-refractivity contribution in [3.8, 4) is 0 Å². The van der Waals surface area contributed by atoms with Gasteiger partial charge in [-0.2, -0.15) is 0 Å². The van der Waals surface area contributed by atoms with E-state index in [0.29, 0.717) is 12.8 Å². The zero-order valence-electron chi connectivity index (χ0n) is 13.3. The molecule has 4 heteroatoms. The topological polar surface area (TPSA) is 49.3 Å². The van der Waals surface area contributed by atoms with Crippen molar-refractivity contribution in [3.63, 3.8) is 0 Å². The predicted octanol–water partition coefficient (Wildman–Crippen LogP) is 3.47. The van der Waals surface area contributed by atoms with Gasteiger partial charge in [-0.15, -0.1) is 11.8 Å². The zero-order chi connectivity index (χ0) is 15.7. The summed E-state index contributed by atoms with van der Waals surface area (Å²) in [5.74, 6) is 1.02. The number of aliphatic hydroxyl groups excluding tert-OH is 1. The SMILES string of the molecule is CC(C)(C)C(CCO)NC(=O)CCCSc1ccccc1. The minimum absolute atomic E-state index is 0.0248. The van der Waals surface area contributed by atoms with Crippen LogP contribution in [0.25, 0.3) is 0 Å². The summed E-state index contributed by atoms with van der Waals surface area (Å²) in [4.78, 5) is 13.2. The Morgan fingerprint density at radius 2 is 1.95 bits per heavy atom. The molecule has 2 N–H and O–H groups in total. The second-order valence-corrected chi connectivity index (χ2v) is 7.43. The molecular formula is C17H27NO2S. The minimum Gasteiger partial charge on any atom is -0.396 e. The van der Waals surface area contributed by atoms with Gasteiger partial charge < -0.3 is 10.4 Å². The lowest BCUT2D eigenvalue weighted by Crippen LogP contribution is -2.44. The Kier molecular flexibility index (Phi) is 7.83. The molecular weight excluding hydrogens is 282 g/mol. The van der Waals surface area contributed by atoms with Crippen molar-refractivity contribution in [1.82, 2.24) is 5.32 Å². The van der Waals surface area contributed by atoms with E-state index >= 15 is 0 Å². The molecule has 0 heterocycles. The standard InChI is InChI=1S/C17H27NO2S/c1-17(2,3)15(11-12-19)18-16(20)10-7-13-21-14-8-5-4-6-9-14/h4-6,8-9,15,19H,7,10-13H2,1-3H3,(H,18,20). The summed E-state index contributed by atoms with van der Waals surface area (Å²) in [6, 6.07) is 10.3. The van der Waals surface area contributed by atoms with Gasteiger partial charge in [0.15, 0.2) is 0 Å². The molecule has 0 aliphatic rings. The third kappa shape index (κ3) is 7.53. The molecule has 1 aromatic rings. The van der Waals surface area contributed by atoms with Crippen LogP contribution in [0.5, 0.6) is 0 Å². The van der Waals surface area contributed by atoms with E-state index in [1.807, 2.05) is 18.2 Å². The highest BCUT2D eigenvalue weighted by molar-refractivity contribution is 7.99. The first-order valence-electron chi connectivity index (χ1n) is 7.51. The highest BCUT2D eigenvalue weighted by atomic mass is 32.2. The molecule has 1 unspecified atom stereocenters. The van der Waals surface area contributed by atoms with Crippen molar-refractivity contribution in [2.75, 3.05) is 12.4 Å². The number of hydrogen-bond donors (Lipinski definition) is 2. The molecule has 0 spiro atoms. The summed E-state index contributed by atoms with van der Waals surface area (Å²) < 4.78 is 0. The van der Waals surface area contributed by atoms with E-state index in [-0.39, 0.29) is 24.0 Å². The fraction of sp³-hybridized carbons (Fsp3) is 0.588. The van der Waals surface area contributed by atoms with E-state index in [2.05, 4.69) is 38.2 Å². The highest BCUT2D eigenvalue weighted by Gasteiger charge is 2.25. The first-order chi connectivity index (χ1) is 9.93. The number of hydrogen-bond acceptors (Lipinski definition) is 3. The van der Waals surface area contributed by atoms with Gasteiger partial charge in [-0.25, -0.2) is 0 Å². The van der Waals surface area contributed by atoms with Gasteiger partial charge in [-0.3, -0.25) is 4.79 Å². The predicted molar refractivity (Wildman–Crippen MR) is 89.5 cm³/mol. The van der Waals surface area contributed by atoms with Crippen molar-refractivity contribution in [1.29, 1.82) is 0 Å². The van der Waals surface area contributed by atoms with Crippen LogP contribution in [-0.4, -0.2) is 29.4 Å². The summed E-state index contributed by atoms with van der Waals surface area (Å²) in [5.41, 5.74) is -0.0306. The molecule has 1 rings (SSSR count). The average Bonchev–Trinajstić information content (AvgIpc) is 2.43. The Balaban J connectivity index is 2.27. The molecule has 0 bridgehead atoms. The van der Waals surface area contributed by atoms with Crippen LogP contribution in [0.3, 0.4) is 0 Å². The van der Waals surface area contributed by atoms with Crippen LogP contribution in [0, 0.1) is 5.41 Å². The van der Waals surface area contributed by atoms with Gasteiger partial charge in [-0.05, 0) is 36.1 Å². The van der Waals surface area contributed by atoms with E-state index in [4.69, 9.17) is 5.11 Å². The Bertz CT molecular complexity index is 415. The van der Waals surface area contributed by atoms with Gasteiger partial charge in [0.1, 0.15) is 0 Å². The summed E-state index contributed by atoms with van der Waals surface area (Å²) in [6.45, 7) is 6.35. The van der Waals surface area contributed by atoms with Crippen molar-refractivity contribution >= 4 is 17.7 Å². The maximum Gasteiger partial charge on any atom is 0.220 e. The van der Waals surface area contributed by atoms with E-state index in [1.54, 1.807) is 11.8 Å². The normalized spacial score (nSPS) is 13.0. The molecule has 0 aromatic heterocycles. The molecule has 3 nitrogen and oxygen atoms in total. The monoisotopic (exact) mass is 309 g/mol. The van der Waals surface area contributed by atoms with Gasteiger partial charge in [0, 0.05) is 24.0 Å². The second-order valence-electron chi connectivity index (χ2n) is 6.26. The fourth-order valence-electron chi connectivity index (χ4n) is 2.06. The quantitative estimate of drug-likeness (QED) is 0.571. The Morgan fingerprint density at radius 3 is 2.52 bits per heavy atom. The van der Waals surface area contributed by atoms with Crippen molar-refractivity contribution in [3.05, 3.63) is 30.3 Å². The number of benzene rings is 1. The molecule has 0 aliphatic carbocycles. The van der Waals surface area contributed by atoms with E-state index < -0.39 is 0 Å². The Hall–Kier alpha value is -1.00. The summed E-state index contributed by atoms with van der Waals surface area (Å²) in [5, 5.41) is 12.1. The lowest BCUT2D eigenvalue weighted by atomic mass is 9.85. The summed E-state index contributed by atoms with van der Waals surface area (Å²) in [6.07, 6.45) is 2.01. The lowest BCUT2D eigenvalue weighted by Gasteiger charge is -2.31. The molecule has 0 saturated heterocycles. The average molecular weight is 309 g/mol. The molecule has 0 radical (unpaired) electrons. The number of amides is 1. The first-order valence-corrected chi connectivity index (χ1v) is 8.50. The molecule has 1 aromatic carbocycles. The van der Waals surface area contributed by atoms with Crippen LogP contribution in [0.15, 0.2) is 35.2 Å². The smallest absolute Gasteiger partial charge is 0.220 e. The van der Waals surface area contributed by atoms with Crippen molar-refractivity contribution < 1.29 is 9.90 Å².